The molecule has 0 heterocycles. The predicted octanol–water partition coefficient (Wildman–Crippen LogP) is 2.65. The molecule has 0 fully saturated rings. The summed E-state index contributed by atoms with van der Waals surface area (Å²) in [6.07, 6.45) is 3.17. The van der Waals surface area contributed by atoms with E-state index in [1.54, 1.807) is 0 Å². The maximum absolute atomic E-state index is 11.4. The van der Waals surface area contributed by atoms with Crippen LogP contribution in [0.15, 0.2) is 0 Å². The molecule has 0 saturated carbocycles. The summed E-state index contributed by atoms with van der Waals surface area (Å²) in [4.78, 5) is 13.3. The second kappa shape index (κ2) is 7.19. The van der Waals surface area contributed by atoms with Gasteiger partial charge in [0.2, 0.25) is 5.91 Å². The van der Waals surface area contributed by atoms with Gasteiger partial charge in [-0.3, -0.25) is 4.79 Å². The molecule has 0 rings (SSSR count). The van der Waals surface area contributed by atoms with E-state index in [-0.39, 0.29) is 11.8 Å². The summed E-state index contributed by atoms with van der Waals surface area (Å²) in [6.45, 7) is 7.13. The average Bonchev–Trinajstić information content (AvgIpc) is 2.17. The zero-order valence-electron chi connectivity index (χ0n) is 8.85. The molecule has 0 bridgehead atoms. The van der Waals surface area contributed by atoms with Crippen LogP contribution in [0.1, 0.15) is 40.0 Å². The zero-order chi connectivity index (χ0) is 10.3. The van der Waals surface area contributed by atoms with E-state index in [0.717, 1.165) is 25.8 Å². The van der Waals surface area contributed by atoms with Crippen LogP contribution in [0.5, 0.6) is 0 Å². The number of carbonyl (C=O) groups excluding carboxylic acids is 1. The van der Waals surface area contributed by atoms with Crippen molar-refractivity contribution in [1.82, 2.24) is 4.90 Å². The molecule has 0 radical (unpaired) electrons. The normalized spacial score (nSPS) is 12.6. The highest BCUT2D eigenvalue weighted by Gasteiger charge is 2.16. The quantitative estimate of drug-likeness (QED) is 0.611. The van der Waals surface area contributed by atoms with Crippen molar-refractivity contribution in [1.29, 1.82) is 0 Å². The topological polar surface area (TPSA) is 20.3 Å². The van der Waals surface area contributed by atoms with E-state index < -0.39 is 0 Å². The van der Waals surface area contributed by atoms with Gasteiger partial charge in [0.1, 0.15) is 5.88 Å². The fourth-order valence-corrected chi connectivity index (χ4v) is 1.37. The molecule has 13 heavy (non-hydrogen) atoms. The third-order valence-electron chi connectivity index (χ3n) is 2.31. The first-order valence-electron chi connectivity index (χ1n) is 5.02. The Morgan fingerprint density at radius 3 is 2.46 bits per heavy atom. The van der Waals surface area contributed by atoms with Gasteiger partial charge in [-0.25, -0.2) is 0 Å². The monoisotopic (exact) mass is 205 g/mol. The molecule has 0 aliphatic rings. The SMILES string of the molecule is CCCCN(C(=O)CCl)C(C)CC. The lowest BCUT2D eigenvalue weighted by Crippen LogP contribution is -2.39. The fourth-order valence-electron chi connectivity index (χ4n) is 1.22. The molecule has 0 spiro atoms. The number of carbonyl (C=O) groups is 1. The highest BCUT2D eigenvalue weighted by Crippen LogP contribution is 2.06. The van der Waals surface area contributed by atoms with Crippen molar-refractivity contribution >= 4 is 17.5 Å². The van der Waals surface area contributed by atoms with E-state index in [1.165, 1.54) is 0 Å². The minimum atomic E-state index is 0.0597. The number of rotatable bonds is 6. The minimum Gasteiger partial charge on any atom is -0.339 e. The van der Waals surface area contributed by atoms with Crippen molar-refractivity contribution in [2.24, 2.45) is 0 Å². The van der Waals surface area contributed by atoms with Gasteiger partial charge in [0, 0.05) is 12.6 Å². The van der Waals surface area contributed by atoms with Crippen molar-refractivity contribution in [3.05, 3.63) is 0 Å². The van der Waals surface area contributed by atoms with E-state index in [1.807, 2.05) is 4.90 Å². The molecule has 0 aliphatic carbocycles. The number of halogens is 1. The minimum absolute atomic E-state index is 0.0597. The van der Waals surface area contributed by atoms with Crippen LogP contribution in [-0.2, 0) is 4.79 Å². The molecule has 0 N–H and O–H groups in total. The smallest absolute Gasteiger partial charge is 0.237 e. The Labute approximate surface area is 86.2 Å². The van der Waals surface area contributed by atoms with Crippen LogP contribution in [0.4, 0.5) is 0 Å². The molecule has 3 heteroatoms. The Morgan fingerprint density at radius 1 is 1.46 bits per heavy atom. The first kappa shape index (κ1) is 12.8. The zero-order valence-corrected chi connectivity index (χ0v) is 9.60. The summed E-state index contributed by atoms with van der Waals surface area (Å²) in [6, 6.07) is 0.317. The highest BCUT2D eigenvalue weighted by atomic mass is 35.5. The molecular formula is C10H20ClNO. The van der Waals surface area contributed by atoms with Crippen LogP contribution >= 0.6 is 11.6 Å². The number of amides is 1. The van der Waals surface area contributed by atoms with Crippen molar-refractivity contribution in [2.45, 2.75) is 46.1 Å². The summed E-state index contributed by atoms with van der Waals surface area (Å²) in [5.41, 5.74) is 0. The first-order chi connectivity index (χ1) is 6.17. The van der Waals surface area contributed by atoms with Gasteiger partial charge in [-0.2, -0.15) is 0 Å². The van der Waals surface area contributed by atoms with E-state index in [0.29, 0.717) is 6.04 Å². The lowest BCUT2D eigenvalue weighted by molar-refractivity contribution is -0.130. The van der Waals surface area contributed by atoms with Crippen molar-refractivity contribution in [3.8, 4) is 0 Å². The second-order valence-electron chi connectivity index (χ2n) is 3.33. The second-order valence-corrected chi connectivity index (χ2v) is 3.60. The van der Waals surface area contributed by atoms with E-state index in [9.17, 15) is 4.79 Å². The number of hydrogen-bond donors (Lipinski definition) is 0. The summed E-state index contributed by atoms with van der Waals surface area (Å²) < 4.78 is 0. The lowest BCUT2D eigenvalue weighted by Gasteiger charge is -2.27. The Hall–Kier alpha value is -0.240. The van der Waals surface area contributed by atoms with Gasteiger partial charge in [-0.1, -0.05) is 20.3 Å². The largest absolute Gasteiger partial charge is 0.339 e. The number of unbranched alkanes of at least 4 members (excludes halogenated alkanes) is 1. The standard InChI is InChI=1S/C10H20ClNO/c1-4-6-7-12(9(3)5-2)10(13)8-11/h9H,4-8H2,1-3H3. The summed E-state index contributed by atoms with van der Waals surface area (Å²) in [5.74, 6) is 0.165. The maximum Gasteiger partial charge on any atom is 0.237 e. The van der Waals surface area contributed by atoms with Gasteiger partial charge in [0.15, 0.2) is 0 Å². The number of nitrogens with zero attached hydrogens (tertiary/aromatic N) is 1. The Morgan fingerprint density at radius 2 is 2.08 bits per heavy atom. The molecule has 0 aromatic rings. The molecule has 1 atom stereocenters. The van der Waals surface area contributed by atoms with E-state index in [4.69, 9.17) is 11.6 Å². The van der Waals surface area contributed by atoms with Crippen molar-refractivity contribution < 1.29 is 4.79 Å². The molecule has 78 valence electrons. The van der Waals surface area contributed by atoms with E-state index in [2.05, 4.69) is 20.8 Å². The van der Waals surface area contributed by atoms with Gasteiger partial charge in [-0.05, 0) is 19.8 Å². The molecule has 1 amide bonds. The maximum atomic E-state index is 11.4. The first-order valence-corrected chi connectivity index (χ1v) is 5.56. The predicted molar refractivity (Wildman–Crippen MR) is 57.1 cm³/mol. The van der Waals surface area contributed by atoms with Crippen LogP contribution in [0, 0.1) is 0 Å². The number of alkyl halides is 1. The van der Waals surface area contributed by atoms with Crippen LogP contribution in [-0.4, -0.2) is 29.3 Å². The van der Waals surface area contributed by atoms with Crippen LogP contribution in [0.25, 0.3) is 0 Å². The third kappa shape index (κ3) is 4.51. The van der Waals surface area contributed by atoms with Crippen LogP contribution in [0.2, 0.25) is 0 Å². The van der Waals surface area contributed by atoms with Crippen molar-refractivity contribution in [3.63, 3.8) is 0 Å². The summed E-state index contributed by atoms with van der Waals surface area (Å²) in [7, 11) is 0. The molecule has 0 aliphatic heterocycles. The summed E-state index contributed by atoms with van der Waals surface area (Å²) >= 11 is 5.54. The van der Waals surface area contributed by atoms with Gasteiger partial charge in [0.05, 0.1) is 0 Å². The average molecular weight is 206 g/mol. The number of hydrogen-bond acceptors (Lipinski definition) is 1. The molecule has 0 saturated heterocycles. The third-order valence-corrected chi connectivity index (χ3v) is 2.54. The molecule has 0 aromatic carbocycles. The Balaban J connectivity index is 4.09. The molecular weight excluding hydrogens is 186 g/mol. The van der Waals surface area contributed by atoms with Gasteiger partial charge < -0.3 is 4.90 Å². The lowest BCUT2D eigenvalue weighted by atomic mass is 10.2. The Kier molecular flexibility index (Phi) is 7.06. The fraction of sp³-hybridized carbons (Fsp3) is 0.900. The van der Waals surface area contributed by atoms with E-state index >= 15 is 0 Å². The molecule has 0 aromatic heterocycles. The van der Waals surface area contributed by atoms with Crippen molar-refractivity contribution in [2.75, 3.05) is 12.4 Å². The Bertz CT molecular complexity index is 150. The van der Waals surface area contributed by atoms with Crippen LogP contribution in [0.3, 0.4) is 0 Å². The molecule has 2 nitrogen and oxygen atoms in total. The van der Waals surface area contributed by atoms with Gasteiger partial charge >= 0.3 is 0 Å². The highest BCUT2D eigenvalue weighted by molar-refractivity contribution is 6.27. The van der Waals surface area contributed by atoms with Gasteiger partial charge in [0.25, 0.3) is 0 Å². The summed E-state index contributed by atoms with van der Waals surface area (Å²) in [5, 5.41) is 0. The van der Waals surface area contributed by atoms with Gasteiger partial charge in [-0.15, -0.1) is 11.6 Å². The van der Waals surface area contributed by atoms with Crippen LogP contribution < -0.4 is 0 Å². The molecule has 1 unspecified atom stereocenters.